The minimum absolute atomic E-state index is 0.0224. The zero-order valence-electron chi connectivity index (χ0n) is 25.7. The van der Waals surface area contributed by atoms with Crippen molar-refractivity contribution in [2.75, 3.05) is 12.3 Å². The van der Waals surface area contributed by atoms with E-state index in [1.165, 1.54) is 12.1 Å². The number of rotatable bonds is 6. The molecule has 5 aliphatic rings. The SMILES string of the molecule is C[C@]12C=CC(=O)C=C1CC[C@@H]1[C@@H]2[C@@H](O)C[C@@]2(C)[C@H]1C[C@H]1O[C@H](c3c(C#N)ccc(OCc4cccc(N)c4)c3F)O[C@]12C(=O)CO. The number of hydrogen-bond acceptors (Lipinski definition) is 9. The number of carbonyl (C=O) groups is 2. The van der Waals surface area contributed by atoms with Crippen LogP contribution in [0.2, 0.25) is 0 Å². The Morgan fingerprint density at radius 1 is 1.26 bits per heavy atom. The van der Waals surface area contributed by atoms with Crippen LogP contribution in [0.15, 0.2) is 60.2 Å². The van der Waals surface area contributed by atoms with E-state index in [1.54, 1.807) is 36.4 Å². The van der Waals surface area contributed by atoms with Gasteiger partial charge in [0, 0.05) is 22.4 Å². The van der Waals surface area contributed by atoms with Crippen molar-refractivity contribution in [1.29, 1.82) is 5.26 Å². The van der Waals surface area contributed by atoms with Gasteiger partial charge in [-0.3, -0.25) is 9.59 Å². The first kappa shape index (κ1) is 30.8. The first-order chi connectivity index (χ1) is 22.0. The third-order valence-corrected chi connectivity index (χ3v) is 11.6. The zero-order chi connectivity index (χ0) is 32.6. The van der Waals surface area contributed by atoms with Gasteiger partial charge in [0.2, 0.25) is 0 Å². The number of nitrogen functional groups attached to an aromatic ring is 1. The summed E-state index contributed by atoms with van der Waals surface area (Å²) in [6.45, 7) is 3.16. The Balaban J connectivity index is 1.23. The molecule has 240 valence electrons. The van der Waals surface area contributed by atoms with E-state index in [0.717, 1.165) is 11.1 Å². The van der Waals surface area contributed by atoms with Gasteiger partial charge < -0.3 is 30.2 Å². The Bertz CT molecular complexity index is 1730. The molecule has 3 saturated carbocycles. The van der Waals surface area contributed by atoms with Crippen LogP contribution in [0, 0.1) is 45.7 Å². The molecular formula is C36H37FN2O7. The molecule has 10 heteroatoms. The summed E-state index contributed by atoms with van der Waals surface area (Å²) in [5.74, 6) is -1.97. The maximum Gasteiger partial charge on any atom is 0.193 e. The van der Waals surface area contributed by atoms with Gasteiger partial charge in [0.1, 0.15) is 13.2 Å². The average molecular weight is 629 g/mol. The summed E-state index contributed by atoms with van der Waals surface area (Å²) in [5.41, 5.74) is 4.75. The summed E-state index contributed by atoms with van der Waals surface area (Å²) in [6.07, 6.45) is 4.00. The lowest BCUT2D eigenvalue weighted by molar-refractivity contribution is -0.201. The van der Waals surface area contributed by atoms with Crippen LogP contribution in [0.5, 0.6) is 5.75 Å². The average Bonchev–Trinajstić information content (AvgIpc) is 3.52. The fraction of sp³-hybridized carbons (Fsp3) is 0.472. The van der Waals surface area contributed by atoms with Crippen molar-refractivity contribution >= 4 is 17.3 Å². The highest BCUT2D eigenvalue weighted by atomic mass is 19.1. The minimum atomic E-state index is -1.68. The van der Waals surface area contributed by atoms with E-state index in [4.69, 9.17) is 19.9 Å². The number of nitriles is 1. The summed E-state index contributed by atoms with van der Waals surface area (Å²) >= 11 is 0. The van der Waals surface area contributed by atoms with Crippen LogP contribution in [0.1, 0.15) is 62.5 Å². The second-order valence-corrected chi connectivity index (χ2v) is 13.8. The maximum absolute atomic E-state index is 16.2. The van der Waals surface area contributed by atoms with Crippen molar-refractivity contribution in [3.8, 4) is 11.8 Å². The Labute approximate surface area is 266 Å². The number of Topliss-reactive ketones (excluding diaryl/α,β-unsaturated/α-hetero) is 1. The van der Waals surface area contributed by atoms with E-state index in [-0.39, 0.29) is 53.4 Å². The van der Waals surface area contributed by atoms with Gasteiger partial charge in [-0.25, -0.2) is 4.39 Å². The molecule has 4 fully saturated rings. The van der Waals surface area contributed by atoms with Crippen molar-refractivity contribution < 1.29 is 38.4 Å². The number of hydrogen-bond donors (Lipinski definition) is 3. The van der Waals surface area contributed by atoms with E-state index in [9.17, 15) is 25.1 Å². The molecule has 0 radical (unpaired) electrons. The monoisotopic (exact) mass is 628 g/mol. The number of anilines is 1. The number of aliphatic hydroxyl groups is 2. The van der Waals surface area contributed by atoms with E-state index < -0.39 is 53.1 Å². The van der Waals surface area contributed by atoms with Crippen molar-refractivity contribution in [1.82, 2.24) is 0 Å². The van der Waals surface area contributed by atoms with Gasteiger partial charge in [0.15, 0.2) is 35.0 Å². The molecular weight excluding hydrogens is 591 g/mol. The van der Waals surface area contributed by atoms with Crippen LogP contribution in [0.4, 0.5) is 10.1 Å². The number of allylic oxidation sites excluding steroid dienone is 4. The third kappa shape index (κ3) is 4.26. The number of nitrogens with two attached hydrogens (primary N) is 1. The lowest BCUT2D eigenvalue weighted by Crippen LogP contribution is -2.63. The fourth-order valence-electron chi connectivity index (χ4n) is 9.67. The number of aliphatic hydroxyl groups excluding tert-OH is 2. The summed E-state index contributed by atoms with van der Waals surface area (Å²) in [7, 11) is 0. The Kier molecular flexibility index (Phi) is 7.25. The van der Waals surface area contributed by atoms with Crippen LogP contribution in [0.25, 0.3) is 0 Å². The highest BCUT2D eigenvalue weighted by Gasteiger charge is 2.76. The first-order valence-corrected chi connectivity index (χ1v) is 15.8. The Hall–Kier alpha value is -3.88. The van der Waals surface area contributed by atoms with E-state index >= 15 is 4.39 Å². The normalized spacial score (nSPS) is 37.4. The van der Waals surface area contributed by atoms with Crippen LogP contribution < -0.4 is 10.5 Å². The fourth-order valence-corrected chi connectivity index (χ4v) is 9.67. The quantitative estimate of drug-likeness (QED) is 0.394. The zero-order valence-corrected chi connectivity index (χ0v) is 25.7. The molecule has 0 unspecified atom stereocenters. The third-order valence-electron chi connectivity index (χ3n) is 11.6. The summed E-state index contributed by atoms with van der Waals surface area (Å²) in [4.78, 5) is 26.0. The van der Waals surface area contributed by atoms with Crippen LogP contribution in [0.3, 0.4) is 0 Å². The topological polar surface area (TPSA) is 152 Å². The molecule has 9 atom stereocenters. The smallest absolute Gasteiger partial charge is 0.193 e. The van der Waals surface area contributed by atoms with Crippen molar-refractivity contribution in [3.05, 3.63) is 82.7 Å². The predicted octanol–water partition coefficient (Wildman–Crippen LogP) is 4.46. The number of ether oxygens (including phenoxy) is 3. The van der Waals surface area contributed by atoms with Crippen LogP contribution in [-0.2, 0) is 25.7 Å². The first-order valence-electron chi connectivity index (χ1n) is 15.8. The van der Waals surface area contributed by atoms with Crippen molar-refractivity contribution in [2.24, 2.45) is 28.6 Å². The molecule has 46 heavy (non-hydrogen) atoms. The number of nitrogens with zero attached hydrogens (tertiary/aromatic N) is 1. The molecule has 1 heterocycles. The molecule has 0 bridgehead atoms. The molecule has 2 aromatic rings. The number of ketones is 2. The molecule has 0 aromatic heterocycles. The second-order valence-electron chi connectivity index (χ2n) is 13.8. The number of benzene rings is 2. The number of carbonyl (C=O) groups excluding carboxylic acids is 2. The summed E-state index contributed by atoms with van der Waals surface area (Å²) < 4.78 is 34.9. The summed E-state index contributed by atoms with van der Waals surface area (Å²) in [6, 6.07) is 11.8. The Morgan fingerprint density at radius 2 is 2.07 bits per heavy atom. The van der Waals surface area contributed by atoms with Gasteiger partial charge in [-0.05, 0) is 79.5 Å². The minimum Gasteiger partial charge on any atom is -0.486 e. The molecule has 0 spiro atoms. The van der Waals surface area contributed by atoms with Crippen LogP contribution in [-0.4, -0.2) is 46.2 Å². The Morgan fingerprint density at radius 3 is 2.80 bits per heavy atom. The van der Waals surface area contributed by atoms with Crippen molar-refractivity contribution in [2.45, 2.75) is 70.2 Å². The van der Waals surface area contributed by atoms with E-state index in [2.05, 4.69) is 6.92 Å². The van der Waals surface area contributed by atoms with E-state index in [0.29, 0.717) is 24.9 Å². The second kappa shape index (κ2) is 10.8. The van der Waals surface area contributed by atoms with Gasteiger partial charge in [0.05, 0.1) is 29.4 Å². The van der Waals surface area contributed by atoms with Gasteiger partial charge in [-0.1, -0.05) is 37.6 Å². The molecule has 4 N–H and O–H groups in total. The predicted molar refractivity (Wildman–Crippen MR) is 163 cm³/mol. The van der Waals surface area contributed by atoms with Gasteiger partial charge >= 0.3 is 0 Å². The molecule has 1 saturated heterocycles. The maximum atomic E-state index is 16.2. The lowest BCUT2D eigenvalue weighted by Gasteiger charge is -2.59. The highest BCUT2D eigenvalue weighted by molar-refractivity contribution is 6.01. The molecule has 1 aliphatic heterocycles. The highest BCUT2D eigenvalue weighted by Crippen LogP contribution is 2.70. The van der Waals surface area contributed by atoms with E-state index in [1.807, 2.05) is 19.1 Å². The lowest BCUT2D eigenvalue weighted by atomic mass is 9.46. The largest absolute Gasteiger partial charge is 0.486 e. The molecule has 2 aromatic carbocycles. The van der Waals surface area contributed by atoms with Gasteiger partial charge in [0.25, 0.3) is 0 Å². The summed E-state index contributed by atoms with van der Waals surface area (Å²) in [5, 5.41) is 32.0. The van der Waals surface area contributed by atoms with Crippen LogP contribution >= 0.6 is 0 Å². The number of fused-ring (bicyclic) bond motifs is 7. The van der Waals surface area contributed by atoms with Gasteiger partial charge in [-0.2, -0.15) is 5.26 Å². The molecule has 0 amide bonds. The number of halogens is 1. The molecule has 7 rings (SSSR count). The van der Waals surface area contributed by atoms with Gasteiger partial charge in [-0.15, -0.1) is 0 Å². The van der Waals surface area contributed by atoms with Crippen molar-refractivity contribution in [3.63, 3.8) is 0 Å². The molecule has 4 aliphatic carbocycles. The molecule has 9 nitrogen and oxygen atoms in total. The standard InChI is InChI=1S/C36H37FN2O7/c1-34-11-10-23(41)13-21(34)7-8-24-25-14-29-36(28(43)17-40,35(25,2)15-26(42)31(24)34)46-33(45-29)30-20(16-38)6-9-27(32(30)37)44-18-19-4-3-5-22(39)12-19/h3-6,9-13,24-26,29,31,33,40,42H,7-8,14-15,17-18,39H2,1-2H3/t24-,25-,26-,29+,31+,33-,34-,35-,36+/m0/s1.